The number of carbonyl (C=O) groups excluding carboxylic acids is 1. The molecule has 0 aliphatic rings. The Kier molecular flexibility index (Phi) is 3.63. The second-order valence-electron chi connectivity index (χ2n) is 2.73. The largest absolute Gasteiger partial charge is 0.481 e. The summed E-state index contributed by atoms with van der Waals surface area (Å²) in [7, 11) is 2.72. The summed E-state index contributed by atoms with van der Waals surface area (Å²) in [6.07, 6.45) is 0.197. The van der Waals surface area contributed by atoms with Crippen LogP contribution in [0.5, 0.6) is 5.88 Å². The molecular formula is C10H10N2O3. The molecule has 1 aromatic rings. The fraction of sp³-hybridized carbons (Fsp3) is 0.300. The van der Waals surface area contributed by atoms with Gasteiger partial charge in [0.05, 0.1) is 26.7 Å². The zero-order chi connectivity index (χ0) is 11.3. The molecule has 0 spiro atoms. The molecule has 0 N–H and O–H groups in total. The minimum absolute atomic E-state index is 0.141. The van der Waals surface area contributed by atoms with E-state index in [1.807, 2.05) is 6.07 Å². The molecule has 0 aromatic carbocycles. The van der Waals surface area contributed by atoms with Crippen LogP contribution < -0.4 is 4.74 Å². The number of hydrogen-bond donors (Lipinski definition) is 0. The molecule has 0 radical (unpaired) electrons. The molecular weight excluding hydrogens is 196 g/mol. The Morgan fingerprint density at radius 2 is 2.27 bits per heavy atom. The van der Waals surface area contributed by atoms with Crippen LogP contribution in [-0.4, -0.2) is 25.2 Å². The highest BCUT2D eigenvalue weighted by atomic mass is 16.5. The summed E-state index contributed by atoms with van der Waals surface area (Å²) < 4.78 is 9.44. The van der Waals surface area contributed by atoms with E-state index in [9.17, 15) is 4.79 Å². The maximum absolute atomic E-state index is 11.2. The molecule has 0 aliphatic carbocycles. The van der Waals surface area contributed by atoms with Crippen LogP contribution in [0.4, 0.5) is 0 Å². The Hall–Kier alpha value is -2.09. The van der Waals surface area contributed by atoms with Crippen LogP contribution in [0.15, 0.2) is 12.1 Å². The van der Waals surface area contributed by atoms with Gasteiger partial charge in [0.2, 0.25) is 5.88 Å². The lowest BCUT2D eigenvalue weighted by Gasteiger charge is -2.04. The first kappa shape index (κ1) is 11.0. The van der Waals surface area contributed by atoms with Gasteiger partial charge in [0.15, 0.2) is 5.69 Å². The third-order valence-electron chi connectivity index (χ3n) is 1.75. The van der Waals surface area contributed by atoms with E-state index >= 15 is 0 Å². The molecule has 0 fully saturated rings. The van der Waals surface area contributed by atoms with E-state index in [-0.39, 0.29) is 12.1 Å². The van der Waals surface area contributed by atoms with Gasteiger partial charge in [-0.3, -0.25) is 0 Å². The third kappa shape index (κ3) is 2.68. The van der Waals surface area contributed by atoms with E-state index in [4.69, 9.17) is 10.00 Å². The molecule has 0 saturated heterocycles. The maximum Gasteiger partial charge on any atom is 0.356 e. The number of nitrogens with zero attached hydrogens (tertiary/aromatic N) is 2. The van der Waals surface area contributed by atoms with Crippen LogP contribution in [0.25, 0.3) is 0 Å². The molecule has 0 amide bonds. The lowest BCUT2D eigenvalue weighted by molar-refractivity contribution is 0.0593. The third-order valence-corrected chi connectivity index (χ3v) is 1.75. The number of rotatable bonds is 3. The molecule has 5 nitrogen and oxygen atoms in total. The highest BCUT2D eigenvalue weighted by Gasteiger charge is 2.10. The molecule has 15 heavy (non-hydrogen) atoms. The minimum Gasteiger partial charge on any atom is -0.481 e. The van der Waals surface area contributed by atoms with Crippen molar-refractivity contribution in [2.75, 3.05) is 14.2 Å². The van der Waals surface area contributed by atoms with Gasteiger partial charge in [0.25, 0.3) is 0 Å². The molecule has 1 aromatic heterocycles. The van der Waals surface area contributed by atoms with Crippen molar-refractivity contribution in [1.82, 2.24) is 4.98 Å². The van der Waals surface area contributed by atoms with Crippen LogP contribution in [0, 0.1) is 11.3 Å². The number of pyridine rings is 1. The molecule has 1 heterocycles. The first-order chi connectivity index (χ1) is 7.21. The first-order valence-electron chi connectivity index (χ1n) is 4.21. The van der Waals surface area contributed by atoms with Crippen molar-refractivity contribution < 1.29 is 14.3 Å². The van der Waals surface area contributed by atoms with E-state index in [2.05, 4.69) is 9.72 Å². The van der Waals surface area contributed by atoms with Crippen LogP contribution in [0.3, 0.4) is 0 Å². The van der Waals surface area contributed by atoms with E-state index in [1.54, 1.807) is 6.07 Å². The van der Waals surface area contributed by atoms with Crippen molar-refractivity contribution in [3.63, 3.8) is 0 Å². The molecule has 78 valence electrons. The summed E-state index contributed by atoms with van der Waals surface area (Å²) in [4.78, 5) is 15.1. The molecule has 0 unspecified atom stereocenters. The Labute approximate surface area is 87.3 Å². The normalized spacial score (nSPS) is 9.13. The van der Waals surface area contributed by atoms with Crippen LogP contribution in [-0.2, 0) is 11.2 Å². The zero-order valence-corrected chi connectivity index (χ0v) is 8.48. The SMILES string of the molecule is COC(=O)c1cc(CC#N)cc(OC)n1. The number of methoxy groups -OCH3 is 2. The summed E-state index contributed by atoms with van der Waals surface area (Å²) in [6.45, 7) is 0. The summed E-state index contributed by atoms with van der Waals surface area (Å²) >= 11 is 0. The Morgan fingerprint density at radius 1 is 1.53 bits per heavy atom. The van der Waals surface area contributed by atoms with Gasteiger partial charge in [-0.05, 0) is 11.6 Å². The summed E-state index contributed by atoms with van der Waals surface area (Å²) in [6, 6.07) is 5.10. The summed E-state index contributed by atoms with van der Waals surface area (Å²) in [5, 5.41) is 8.54. The number of nitriles is 1. The number of esters is 1. The lowest BCUT2D eigenvalue weighted by atomic mass is 10.2. The topological polar surface area (TPSA) is 72.2 Å². The summed E-state index contributed by atoms with van der Waals surface area (Å²) in [5.74, 6) is -0.253. The van der Waals surface area contributed by atoms with Gasteiger partial charge in [0, 0.05) is 6.07 Å². The van der Waals surface area contributed by atoms with Crippen LogP contribution in [0.2, 0.25) is 0 Å². The summed E-state index contributed by atoms with van der Waals surface area (Å²) in [5.41, 5.74) is 0.812. The average molecular weight is 206 g/mol. The van der Waals surface area contributed by atoms with Crippen molar-refractivity contribution in [2.24, 2.45) is 0 Å². The van der Waals surface area contributed by atoms with Gasteiger partial charge in [-0.1, -0.05) is 0 Å². The number of carbonyl (C=O) groups is 1. The predicted molar refractivity (Wildman–Crippen MR) is 51.4 cm³/mol. The molecule has 0 saturated carbocycles. The fourth-order valence-corrected chi connectivity index (χ4v) is 1.07. The van der Waals surface area contributed by atoms with E-state index in [1.165, 1.54) is 20.3 Å². The Morgan fingerprint density at radius 3 is 2.80 bits per heavy atom. The van der Waals surface area contributed by atoms with Gasteiger partial charge < -0.3 is 9.47 Å². The maximum atomic E-state index is 11.2. The highest BCUT2D eigenvalue weighted by molar-refractivity contribution is 5.87. The molecule has 1 rings (SSSR count). The van der Waals surface area contributed by atoms with Crippen LogP contribution in [0.1, 0.15) is 16.1 Å². The molecule has 0 aliphatic heterocycles. The van der Waals surface area contributed by atoms with Gasteiger partial charge in [-0.15, -0.1) is 0 Å². The number of ether oxygens (including phenoxy) is 2. The highest BCUT2D eigenvalue weighted by Crippen LogP contribution is 2.13. The predicted octanol–water partition coefficient (Wildman–Crippen LogP) is 0.943. The van der Waals surface area contributed by atoms with Gasteiger partial charge in [-0.2, -0.15) is 5.26 Å². The Balaban J connectivity index is 3.12. The van der Waals surface area contributed by atoms with E-state index in [0.717, 1.165) is 0 Å². The monoisotopic (exact) mass is 206 g/mol. The lowest BCUT2D eigenvalue weighted by Crippen LogP contribution is -2.06. The first-order valence-corrected chi connectivity index (χ1v) is 4.21. The molecule has 0 atom stereocenters. The van der Waals surface area contributed by atoms with Gasteiger partial charge >= 0.3 is 5.97 Å². The van der Waals surface area contributed by atoms with Crippen molar-refractivity contribution in [1.29, 1.82) is 5.26 Å². The van der Waals surface area contributed by atoms with Gasteiger partial charge in [0.1, 0.15) is 0 Å². The standard InChI is InChI=1S/C10H10N2O3/c1-14-9-6-7(3-4-11)5-8(12-9)10(13)15-2/h5-6H,3H2,1-2H3. The Bertz CT molecular complexity index is 410. The second-order valence-corrected chi connectivity index (χ2v) is 2.73. The number of hydrogen-bond acceptors (Lipinski definition) is 5. The zero-order valence-electron chi connectivity index (χ0n) is 8.48. The second kappa shape index (κ2) is 4.96. The quantitative estimate of drug-likeness (QED) is 0.688. The minimum atomic E-state index is -0.548. The van der Waals surface area contributed by atoms with Crippen molar-refractivity contribution in [3.05, 3.63) is 23.4 Å². The fourth-order valence-electron chi connectivity index (χ4n) is 1.07. The van der Waals surface area contributed by atoms with E-state index in [0.29, 0.717) is 11.4 Å². The number of aromatic nitrogens is 1. The smallest absolute Gasteiger partial charge is 0.356 e. The van der Waals surface area contributed by atoms with Crippen LogP contribution >= 0.6 is 0 Å². The average Bonchev–Trinajstić information content (AvgIpc) is 2.28. The van der Waals surface area contributed by atoms with Gasteiger partial charge in [-0.25, -0.2) is 9.78 Å². The molecule has 5 heteroatoms. The molecule has 0 bridgehead atoms. The van der Waals surface area contributed by atoms with Crippen molar-refractivity contribution in [3.8, 4) is 11.9 Å². The van der Waals surface area contributed by atoms with Crippen molar-refractivity contribution in [2.45, 2.75) is 6.42 Å². The van der Waals surface area contributed by atoms with E-state index < -0.39 is 5.97 Å². The van der Waals surface area contributed by atoms with Crippen molar-refractivity contribution >= 4 is 5.97 Å².